The fraction of sp³-hybridized carbons (Fsp3) is 0.633. The van der Waals surface area contributed by atoms with Crippen LogP contribution < -0.4 is 26.6 Å². The number of allylic oxidation sites excluding steroid dienone is 3. The Morgan fingerprint density at radius 3 is 2.22 bits per heavy atom. The topological polar surface area (TPSA) is 82.4 Å². The average Bonchev–Trinajstić information content (AvgIpc) is 3.14. The Hall–Kier alpha value is -2.15. The molecule has 6 heteroatoms. The number of hydrogen-bond donors (Lipinski definition) is 4. The molecule has 0 fully saturated rings. The number of hydrogen-bond acceptors (Lipinski definition) is 4. The Morgan fingerprint density at radius 1 is 0.833 bits per heavy atom. The van der Waals surface area contributed by atoms with Crippen LogP contribution >= 0.6 is 0 Å². The molecule has 1 aromatic rings. The van der Waals surface area contributed by atoms with Crippen LogP contribution in [0.5, 0.6) is 0 Å². The van der Waals surface area contributed by atoms with Crippen molar-refractivity contribution in [3.05, 3.63) is 54.1 Å². The first-order valence-corrected chi connectivity index (χ1v) is 14.4. The highest BCUT2D eigenvalue weighted by molar-refractivity contribution is 5.94. The highest BCUT2D eigenvalue weighted by Crippen LogP contribution is 2.33. The number of nitrogens with one attached hydrogen (secondary N) is 3. The van der Waals surface area contributed by atoms with Crippen LogP contribution in [0.2, 0.25) is 0 Å². The largest absolute Gasteiger partial charge is 0.338 e. The van der Waals surface area contributed by atoms with Crippen molar-refractivity contribution in [1.82, 2.24) is 16.0 Å². The molecular formula is C30H49N5O. The second kappa shape index (κ2) is 17.3. The van der Waals surface area contributed by atoms with Gasteiger partial charge < -0.3 is 21.7 Å². The van der Waals surface area contributed by atoms with E-state index in [1.807, 2.05) is 11.0 Å². The molecule has 0 spiro atoms. The number of anilines is 1. The van der Waals surface area contributed by atoms with Gasteiger partial charge in [0, 0.05) is 12.2 Å². The van der Waals surface area contributed by atoms with Gasteiger partial charge in [-0.05, 0) is 108 Å². The molecule has 1 aromatic carbocycles. The van der Waals surface area contributed by atoms with Gasteiger partial charge >= 0.3 is 6.03 Å². The Bertz CT molecular complexity index is 808. The third-order valence-electron chi connectivity index (χ3n) is 7.28. The van der Waals surface area contributed by atoms with Crippen molar-refractivity contribution in [2.24, 2.45) is 11.7 Å². The lowest BCUT2D eigenvalue weighted by atomic mass is 9.89. The summed E-state index contributed by atoms with van der Waals surface area (Å²) in [6, 6.07) is 8.56. The molecule has 2 aliphatic rings. The molecule has 0 aromatic heterocycles. The highest BCUT2D eigenvalue weighted by atomic mass is 16.2. The summed E-state index contributed by atoms with van der Waals surface area (Å²) in [4.78, 5) is 15.3. The summed E-state index contributed by atoms with van der Waals surface area (Å²) in [5.41, 5.74) is 7.85. The molecule has 2 bridgehead atoms. The minimum atomic E-state index is 0.0372. The number of carbonyl (C=O) groups is 1. The maximum Gasteiger partial charge on any atom is 0.322 e. The van der Waals surface area contributed by atoms with E-state index >= 15 is 0 Å². The molecule has 1 aliphatic carbocycles. The number of unbranched alkanes of at least 4 members (excludes halogenated alkanes) is 5. The summed E-state index contributed by atoms with van der Waals surface area (Å²) in [5, 5.41) is 10.3. The molecule has 1 heterocycles. The number of amides is 2. The lowest BCUT2D eigenvalue weighted by Gasteiger charge is -2.35. The van der Waals surface area contributed by atoms with Crippen molar-refractivity contribution in [3.63, 3.8) is 0 Å². The number of nitrogens with two attached hydrogens (primary N) is 1. The second-order valence-corrected chi connectivity index (χ2v) is 10.2. The quantitative estimate of drug-likeness (QED) is 0.246. The summed E-state index contributed by atoms with van der Waals surface area (Å²) in [6.45, 7) is 5.92. The van der Waals surface area contributed by atoms with Crippen LogP contribution in [0, 0.1) is 5.92 Å². The predicted octanol–water partition coefficient (Wildman–Crippen LogP) is 4.91. The zero-order valence-electron chi connectivity index (χ0n) is 22.2. The number of para-hydroxylation sites is 1. The number of carbonyl (C=O) groups excluding carboxylic acids is 1. The molecule has 200 valence electrons. The smallest absolute Gasteiger partial charge is 0.322 e. The minimum Gasteiger partial charge on any atom is -0.338 e. The van der Waals surface area contributed by atoms with Gasteiger partial charge in [0.25, 0.3) is 0 Å². The molecular weight excluding hydrogens is 446 g/mol. The third kappa shape index (κ3) is 10.1. The summed E-state index contributed by atoms with van der Waals surface area (Å²) in [6.07, 6.45) is 21.2. The Balaban J connectivity index is 1.27. The van der Waals surface area contributed by atoms with Crippen LogP contribution in [0.15, 0.2) is 48.6 Å². The molecule has 2 amide bonds. The monoisotopic (exact) mass is 495 g/mol. The Morgan fingerprint density at radius 2 is 1.47 bits per heavy atom. The van der Waals surface area contributed by atoms with Gasteiger partial charge in [-0.3, -0.25) is 4.90 Å². The third-order valence-corrected chi connectivity index (χ3v) is 7.28. The van der Waals surface area contributed by atoms with Gasteiger partial charge in [0.05, 0.1) is 6.04 Å². The number of urea groups is 1. The van der Waals surface area contributed by atoms with Crippen molar-refractivity contribution < 1.29 is 4.79 Å². The first-order chi connectivity index (χ1) is 17.8. The predicted molar refractivity (Wildman–Crippen MR) is 153 cm³/mol. The molecule has 0 saturated carbocycles. The van der Waals surface area contributed by atoms with Crippen LogP contribution in [0.1, 0.15) is 69.8 Å². The van der Waals surface area contributed by atoms with Gasteiger partial charge in [0.2, 0.25) is 0 Å². The maximum absolute atomic E-state index is 13.3. The van der Waals surface area contributed by atoms with Crippen LogP contribution in [-0.2, 0) is 6.42 Å². The summed E-state index contributed by atoms with van der Waals surface area (Å²) in [5.74, 6) is 0.519. The molecule has 0 radical (unpaired) electrons. The molecule has 2 atom stereocenters. The fourth-order valence-corrected chi connectivity index (χ4v) is 5.18. The van der Waals surface area contributed by atoms with Crippen LogP contribution in [0.25, 0.3) is 0 Å². The van der Waals surface area contributed by atoms with Gasteiger partial charge in [0.15, 0.2) is 0 Å². The first-order valence-electron chi connectivity index (χ1n) is 14.4. The van der Waals surface area contributed by atoms with E-state index in [0.717, 1.165) is 83.5 Å². The van der Waals surface area contributed by atoms with Gasteiger partial charge in [-0.15, -0.1) is 0 Å². The van der Waals surface area contributed by atoms with Crippen LogP contribution in [0.3, 0.4) is 0 Å². The van der Waals surface area contributed by atoms with Gasteiger partial charge in [-0.25, -0.2) is 4.79 Å². The normalized spacial score (nSPS) is 18.9. The van der Waals surface area contributed by atoms with Crippen LogP contribution in [-0.4, -0.2) is 51.3 Å². The molecule has 5 N–H and O–H groups in total. The van der Waals surface area contributed by atoms with E-state index in [-0.39, 0.29) is 12.1 Å². The van der Waals surface area contributed by atoms with Gasteiger partial charge in [-0.2, -0.15) is 0 Å². The van der Waals surface area contributed by atoms with E-state index in [0.29, 0.717) is 5.92 Å². The lowest BCUT2D eigenvalue weighted by Crippen LogP contribution is -2.47. The molecule has 36 heavy (non-hydrogen) atoms. The standard InChI is InChI=1S/C30H49N5O/c31-19-7-10-21-33-23-12-11-22-32-20-8-1-2-9-24-34-30(36)35-28-15-5-3-13-26(25-28)17-18-27-14-4-6-16-29(27)35/h3-6,13-16,26,28,32-33H,1-2,7-12,17-25,31H2,(H,34,36). The van der Waals surface area contributed by atoms with E-state index in [4.69, 9.17) is 5.73 Å². The van der Waals surface area contributed by atoms with E-state index in [1.54, 1.807) is 0 Å². The molecule has 3 rings (SSSR count). The summed E-state index contributed by atoms with van der Waals surface area (Å²) < 4.78 is 0. The first kappa shape index (κ1) is 28.4. The number of aryl methyl sites for hydroxylation is 1. The van der Waals surface area contributed by atoms with E-state index < -0.39 is 0 Å². The van der Waals surface area contributed by atoms with E-state index in [1.165, 1.54) is 37.7 Å². The number of nitrogens with zero attached hydrogens (tertiary/aromatic N) is 1. The second-order valence-electron chi connectivity index (χ2n) is 10.2. The molecule has 0 saturated heterocycles. The van der Waals surface area contributed by atoms with Crippen molar-refractivity contribution in [1.29, 1.82) is 0 Å². The van der Waals surface area contributed by atoms with Gasteiger partial charge in [0.1, 0.15) is 0 Å². The molecule has 6 nitrogen and oxygen atoms in total. The van der Waals surface area contributed by atoms with Gasteiger partial charge in [-0.1, -0.05) is 55.3 Å². The number of fused-ring (bicyclic) bond motifs is 3. The number of rotatable bonds is 16. The van der Waals surface area contributed by atoms with Crippen molar-refractivity contribution in [3.8, 4) is 0 Å². The van der Waals surface area contributed by atoms with E-state index in [9.17, 15) is 4.79 Å². The van der Waals surface area contributed by atoms with E-state index in [2.05, 4.69) is 58.5 Å². The molecule has 1 aliphatic heterocycles. The Labute approximate surface area is 219 Å². The minimum absolute atomic E-state index is 0.0372. The lowest BCUT2D eigenvalue weighted by molar-refractivity contribution is 0.243. The summed E-state index contributed by atoms with van der Waals surface area (Å²) in [7, 11) is 0. The zero-order chi connectivity index (χ0) is 25.3. The summed E-state index contributed by atoms with van der Waals surface area (Å²) >= 11 is 0. The fourth-order valence-electron chi connectivity index (χ4n) is 5.18. The number of benzene rings is 1. The van der Waals surface area contributed by atoms with Crippen molar-refractivity contribution >= 4 is 11.7 Å². The van der Waals surface area contributed by atoms with Crippen LogP contribution in [0.4, 0.5) is 10.5 Å². The maximum atomic E-state index is 13.3. The Kier molecular flexibility index (Phi) is 13.7. The van der Waals surface area contributed by atoms with Crippen molar-refractivity contribution in [2.75, 3.05) is 44.2 Å². The average molecular weight is 496 g/mol. The SMILES string of the molecule is NCCCCNCCCCNCCCCCCNC(=O)N1c2ccccc2CCC2C=CC=CC1C2. The van der Waals surface area contributed by atoms with Crippen molar-refractivity contribution in [2.45, 2.75) is 76.7 Å². The molecule has 2 unspecified atom stereocenters. The highest BCUT2D eigenvalue weighted by Gasteiger charge is 2.29. The zero-order valence-corrected chi connectivity index (χ0v) is 22.2.